The van der Waals surface area contributed by atoms with E-state index in [9.17, 15) is 9.90 Å². The highest BCUT2D eigenvalue weighted by molar-refractivity contribution is 5.70. The van der Waals surface area contributed by atoms with Crippen molar-refractivity contribution in [3.63, 3.8) is 0 Å². The summed E-state index contributed by atoms with van der Waals surface area (Å²) in [4.78, 5) is 12.1. The average Bonchev–Trinajstić information content (AvgIpc) is 2.31. The van der Waals surface area contributed by atoms with Crippen molar-refractivity contribution in [2.24, 2.45) is 17.3 Å². The van der Waals surface area contributed by atoms with E-state index in [0.29, 0.717) is 18.8 Å². The molecule has 0 unspecified atom stereocenters. The Kier molecular flexibility index (Phi) is 4.53. The predicted molar refractivity (Wildman–Crippen MR) is 83.8 cm³/mol. The van der Waals surface area contributed by atoms with Crippen molar-refractivity contribution in [1.82, 2.24) is 0 Å². The van der Waals surface area contributed by atoms with Gasteiger partial charge in [0.2, 0.25) is 0 Å². The van der Waals surface area contributed by atoms with Crippen molar-refractivity contribution in [2.75, 3.05) is 0 Å². The molecule has 0 bridgehead atoms. The molecule has 0 aromatic rings. The van der Waals surface area contributed by atoms with Gasteiger partial charge in [-0.1, -0.05) is 25.5 Å². The minimum atomic E-state index is -0.455. The highest BCUT2D eigenvalue weighted by atomic mass is 16.6. The molecule has 3 heteroatoms. The molecule has 21 heavy (non-hydrogen) atoms. The lowest BCUT2D eigenvalue weighted by Crippen LogP contribution is -2.43. The van der Waals surface area contributed by atoms with E-state index in [1.54, 1.807) is 0 Å². The van der Waals surface area contributed by atoms with E-state index in [0.717, 1.165) is 12.8 Å². The van der Waals surface area contributed by atoms with Crippen LogP contribution in [0.5, 0.6) is 0 Å². The minimum Gasteiger partial charge on any atom is -0.460 e. The monoisotopic (exact) mass is 294 g/mol. The second kappa shape index (κ2) is 5.75. The van der Waals surface area contributed by atoms with Crippen molar-refractivity contribution < 1.29 is 14.6 Å². The smallest absolute Gasteiger partial charge is 0.306 e. The number of allylic oxidation sites excluding steroid dienone is 1. The average molecular weight is 294 g/mol. The SMILES string of the molecule is C[C@@H]1CCC=C2C[C@H](O)[C@@H](CC(=O)OC(C)(C)C)C[C@]21C. The lowest BCUT2D eigenvalue weighted by Gasteiger charge is -2.48. The first kappa shape index (κ1) is 16.5. The van der Waals surface area contributed by atoms with Crippen LogP contribution >= 0.6 is 0 Å². The van der Waals surface area contributed by atoms with E-state index in [-0.39, 0.29) is 17.3 Å². The fourth-order valence-electron chi connectivity index (χ4n) is 3.90. The summed E-state index contributed by atoms with van der Waals surface area (Å²) in [6.07, 6.45) is 6.16. The molecule has 0 heterocycles. The van der Waals surface area contributed by atoms with Crippen LogP contribution in [0.3, 0.4) is 0 Å². The molecule has 0 radical (unpaired) electrons. The van der Waals surface area contributed by atoms with Gasteiger partial charge in [0, 0.05) is 0 Å². The number of fused-ring (bicyclic) bond motifs is 1. The van der Waals surface area contributed by atoms with Crippen LogP contribution in [0.4, 0.5) is 0 Å². The molecule has 1 saturated carbocycles. The number of esters is 1. The van der Waals surface area contributed by atoms with Crippen molar-refractivity contribution >= 4 is 5.97 Å². The van der Waals surface area contributed by atoms with Crippen molar-refractivity contribution in [3.05, 3.63) is 11.6 Å². The predicted octanol–water partition coefficient (Wildman–Crippen LogP) is 3.85. The van der Waals surface area contributed by atoms with Crippen LogP contribution in [0.1, 0.15) is 66.7 Å². The summed E-state index contributed by atoms with van der Waals surface area (Å²) in [6.45, 7) is 10.3. The molecule has 0 saturated heterocycles. The summed E-state index contributed by atoms with van der Waals surface area (Å²) >= 11 is 0. The summed E-state index contributed by atoms with van der Waals surface area (Å²) in [5.41, 5.74) is 1.09. The third-order valence-corrected chi connectivity index (χ3v) is 5.32. The lowest BCUT2D eigenvalue weighted by atomic mass is 9.57. The molecule has 2 rings (SSSR count). The fourth-order valence-corrected chi connectivity index (χ4v) is 3.90. The van der Waals surface area contributed by atoms with Gasteiger partial charge in [-0.15, -0.1) is 0 Å². The molecule has 2 aliphatic rings. The molecule has 1 fully saturated rings. The molecule has 120 valence electrons. The maximum atomic E-state index is 12.1. The van der Waals surface area contributed by atoms with Gasteiger partial charge in [-0.2, -0.15) is 0 Å². The molecule has 1 N–H and O–H groups in total. The lowest BCUT2D eigenvalue weighted by molar-refractivity contribution is -0.158. The van der Waals surface area contributed by atoms with E-state index in [1.165, 1.54) is 12.0 Å². The van der Waals surface area contributed by atoms with Crippen LogP contribution in [-0.4, -0.2) is 22.8 Å². The number of rotatable bonds is 2. The Morgan fingerprint density at radius 3 is 2.76 bits per heavy atom. The standard InChI is InChI=1S/C18H30O3/c1-12-7-6-8-14-10-15(19)13(11-18(12,14)5)9-16(20)21-17(2,3)4/h8,12-13,15,19H,6-7,9-11H2,1-5H3/t12-,13+,15+,18+/m1/s1. The molecule has 2 aliphatic carbocycles. The van der Waals surface area contributed by atoms with Gasteiger partial charge in [-0.25, -0.2) is 0 Å². The Balaban J connectivity index is 2.07. The van der Waals surface area contributed by atoms with E-state index in [2.05, 4.69) is 19.9 Å². The molecule has 0 aromatic heterocycles. The first-order chi connectivity index (χ1) is 9.62. The molecule has 3 nitrogen and oxygen atoms in total. The molecule has 0 aromatic carbocycles. The highest BCUT2D eigenvalue weighted by Crippen LogP contribution is 2.52. The second-order valence-electron chi connectivity index (χ2n) is 8.15. The number of aliphatic hydroxyl groups is 1. The van der Waals surface area contributed by atoms with E-state index >= 15 is 0 Å². The summed E-state index contributed by atoms with van der Waals surface area (Å²) in [7, 11) is 0. The topological polar surface area (TPSA) is 46.5 Å². The Hall–Kier alpha value is -0.830. The number of hydrogen-bond donors (Lipinski definition) is 1. The normalized spacial score (nSPS) is 36.7. The third kappa shape index (κ3) is 3.68. The minimum absolute atomic E-state index is 0.0162. The maximum absolute atomic E-state index is 12.1. The molecule has 4 atom stereocenters. The molecule has 0 aliphatic heterocycles. The van der Waals surface area contributed by atoms with Crippen LogP contribution in [-0.2, 0) is 9.53 Å². The van der Waals surface area contributed by atoms with Gasteiger partial charge in [-0.05, 0) is 63.7 Å². The zero-order chi connectivity index (χ0) is 15.8. The van der Waals surface area contributed by atoms with Gasteiger partial charge in [0.15, 0.2) is 0 Å². The van der Waals surface area contributed by atoms with Crippen LogP contribution in [0.25, 0.3) is 0 Å². The summed E-state index contributed by atoms with van der Waals surface area (Å²) in [5, 5.41) is 10.4. The molecular formula is C18H30O3. The Morgan fingerprint density at radius 2 is 2.14 bits per heavy atom. The van der Waals surface area contributed by atoms with Gasteiger partial charge >= 0.3 is 5.97 Å². The summed E-state index contributed by atoms with van der Waals surface area (Å²) in [6, 6.07) is 0. The largest absolute Gasteiger partial charge is 0.460 e. The summed E-state index contributed by atoms with van der Waals surface area (Å²) < 4.78 is 5.42. The fraction of sp³-hybridized carbons (Fsp3) is 0.833. The number of ether oxygens (including phenoxy) is 1. The van der Waals surface area contributed by atoms with Crippen LogP contribution < -0.4 is 0 Å². The van der Waals surface area contributed by atoms with Gasteiger partial charge in [-0.3, -0.25) is 4.79 Å². The quantitative estimate of drug-likeness (QED) is 0.621. The number of carbonyl (C=O) groups is 1. The van der Waals surface area contributed by atoms with Gasteiger partial charge in [0.25, 0.3) is 0 Å². The first-order valence-electron chi connectivity index (χ1n) is 8.21. The molecule has 0 amide bonds. The Morgan fingerprint density at radius 1 is 1.48 bits per heavy atom. The Labute approximate surface area is 128 Å². The number of hydrogen-bond acceptors (Lipinski definition) is 3. The molecular weight excluding hydrogens is 264 g/mol. The zero-order valence-corrected chi connectivity index (χ0v) is 14.1. The summed E-state index contributed by atoms with van der Waals surface area (Å²) in [5.74, 6) is 0.444. The van der Waals surface area contributed by atoms with Crippen LogP contribution in [0.15, 0.2) is 11.6 Å². The Bertz CT molecular complexity index is 432. The van der Waals surface area contributed by atoms with Gasteiger partial charge in [0.05, 0.1) is 12.5 Å². The van der Waals surface area contributed by atoms with Gasteiger partial charge < -0.3 is 9.84 Å². The highest BCUT2D eigenvalue weighted by Gasteiger charge is 2.45. The maximum Gasteiger partial charge on any atom is 0.306 e. The van der Waals surface area contributed by atoms with Crippen LogP contribution in [0, 0.1) is 17.3 Å². The van der Waals surface area contributed by atoms with Crippen molar-refractivity contribution in [1.29, 1.82) is 0 Å². The number of carbonyl (C=O) groups excluding carboxylic acids is 1. The van der Waals surface area contributed by atoms with E-state index < -0.39 is 11.7 Å². The van der Waals surface area contributed by atoms with E-state index in [1.807, 2.05) is 20.8 Å². The number of aliphatic hydroxyl groups excluding tert-OH is 1. The van der Waals surface area contributed by atoms with Gasteiger partial charge in [0.1, 0.15) is 5.60 Å². The van der Waals surface area contributed by atoms with Crippen molar-refractivity contribution in [3.8, 4) is 0 Å². The first-order valence-corrected chi connectivity index (χ1v) is 8.21. The van der Waals surface area contributed by atoms with Crippen LogP contribution in [0.2, 0.25) is 0 Å². The zero-order valence-electron chi connectivity index (χ0n) is 14.1. The third-order valence-electron chi connectivity index (χ3n) is 5.32. The van der Waals surface area contributed by atoms with Crippen molar-refractivity contribution in [2.45, 2.75) is 78.4 Å². The molecule has 0 spiro atoms. The van der Waals surface area contributed by atoms with E-state index in [4.69, 9.17) is 4.74 Å². The second-order valence-corrected chi connectivity index (χ2v) is 8.15.